The quantitative estimate of drug-likeness (QED) is 0.161. The van der Waals surface area contributed by atoms with Crippen LogP contribution in [0.1, 0.15) is 23.7 Å². The van der Waals surface area contributed by atoms with Gasteiger partial charge in [0, 0.05) is 12.1 Å². The minimum atomic E-state index is -4.00. The van der Waals surface area contributed by atoms with Crippen LogP contribution in [0.4, 0.5) is 5.69 Å². The zero-order valence-corrected chi connectivity index (χ0v) is 19.2. The molecule has 0 fully saturated rings. The molecule has 0 bridgehead atoms. The van der Waals surface area contributed by atoms with Crippen LogP contribution in [-0.4, -0.2) is 31.5 Å². The number of nitrogens with one attached hydrogen (secondary N) is 1. The van der Waals surface area contributed by atoms with Crippen LogP contribution >= 0.6 is 23.2 Å². The third-order valence-corrected chi connectivity index (χ3v) is 6.20. The number of aromatic nitrogens is 1. The zero-order valence-electron chi connectivity index (χ0n) is 16.9. The Labute approximate surface area is 194 Å². The molecule has 11 nitrogen and oxygen atoms in total. The second kappa shape index (κ2) is 10.6. The number of rotatable bonds is 10. The Balaban J connectivity index is 2.30. The lowest BCUT2D eigenvalue weighted by molar-refractivity contribution is -0.121. The Bertz CT molecular complexity index is 1190. The van der Waals surface area contributed by atoms with Crippen molar-refractivity contribution >= 4 is 50.8 Å². The van der Waals surface area contributed by atoms with E-state index in [-0.39, 0.29) is 34.7 Å². The number of hydrogen-bond donors (Lipinski definition) is 4. The molecule has 1 amide bonds. The highest BCUT2D eigenvalue weighted by molar-refractivity contribution is 7.91. The number of nitrogens with zero attached hydrogens (tertiary/aromatic N) is 2. The van der Waals surface area contributed by atoms with Crippen molar-refractivity contribution in [2.45, 2.75) is 25.1 Å². The number of nitrogens with two attached hydrogens (primary N) is 3. The molecule has 0 spiro atoms. The van der Waals surface area contributed by atoms with Crippen molar-refractivity contribution in [3.63, 3.8) is 0 Å². The van der Waals surface area contributed by atoms with Gasteiger partial charge < -0.3 is 22.0 Å². The predicted octanol–water partition coefficient (Wildman–Crippen LogP) is 1.03. The van der Waals surface area contributed by atoms with Crippen LogP contribution < -0.4 is 27.5 Å². The molecule has 0 saturated heterocycles. The van der Waals surface area contributed by atoms with Gasteiger partial charge in [0.15, 0.2) is 0 Å². The molecule has 2 aromatic rings. The SMILES string of the molecule is Cc1ccc(NS(=O)(=O)Cc2ccc(Cl)c(Cl)c2)c(=O)n1C(CCON=C(N)N)C(N)=O. The van der Waals surface area contributed by atoms with Gasteiger partial charge in [0.1, 0.15) is 18.3 Å². The summed E-state index contributed by atoms with van der Waals surface area (Å²) < 4.78 is 28.5. The molecule has 14 heteroatoms. The fourth-order valence-corrected chi connectivity index (χ4v) is 4.35. The molecule has 0 radical (unpaired) electrons. The number of carbonyl (C=O) groups excluding carboxylic acids is 1. The molecule has 0 aliphatic rings. The standard InChI is InChI=1S/C18H22Cl2N6O5S/c1-10-2-5-14(25-32(29,30)9-11-3-4-12(19)13(20)8-11)17(28)26(10)15(16(21)27)6-7-31-24-18(22)23/h2-5,8,15,25H,6-7,9H2,1H3,(H2,21,27)(H4,22,23,24). The number of aryl methyl sites for hydroxylation is 1. The Morgan fingerprint density at radius 3 is 2.47 bits per heavy atom. The fourth-order valence-electron chi connectivity index (χ4n) is 2.85. The summed E-state index contributed by atoms with van der Waals surface area (Å²) >= 11 is 11.8. The molecule has 32 heavy (non-hydrogen) atoms. The smallest absolute Gasteiger partial charge is 0.275 e. The lowest BCUT2D eigenvalue weighted by Gasteiger charge is -2.20. The van der Waals surface area contributed by atoms with Crippen molar-refractivity contribution in [2.24, 2.45) is 22.4 Å². The molecule has 7 N–H and O–H groups in total. The van der Waals surface area contributed by atoms with Crippen LogP contribution in [0.25, 0.3) is 0 Å². The lowest BCUT2D eigenvalue weighted by atomic mass is 10.1. The summed E-state index contributed by atoms with van der Waals surface area (Å²) in [5.74, 6) is -1.59. The van der Waals surface area contributed by atoms with Gasteiger partial charge in [0.2, 0.25) is 21.9 Å². The van der Waals surface area contributed by atoms with E-state index in [1.165, 1.54) is 30.3 Å². The third kappa shape index (κ3) is 6.77. The number of pyridine rings is 1. The Morgan fingerprint density at radius 2 is 1.88 bits per heavy atom. The van der Waals surface area contributed by atoms with Crippen LogP contribution in [0.3, 0.4) is 0 Å². The molecule has 0 aliphatic heterocycles. The molecular weight excluding hydrogens is 483 g/mol. The molecule has 1 atom stereocenters. The maximum atomic E-state index is 13.0. The first-order valence-corrected chi connectivity index (χ1v) is 11.5. The van der Waals surface area contributed by atoms with Gasteiger partial charge in [-0.2, -0.15) is 0 Å². The first-order chi connectivity index (χ1) is 14.9. The predicted molar refractivity (Wildman–Crippen MR) is 123 cm³/mol. The molecule has 174 valence electrons. The van der Waals surface area contributed by atoms with Gasteiger partial charge in [-0.1, -0.05) is 29.3 Å². The number of benzene rings is 1. The van der Waals surface area contributed by atoms with Gasteiger partial charge in [-0.05, 0) is 41.9 Å². The minimum Gasteiger partial charge on any atom is -0.393 e. The fraction of sp³-hybridized carbons (Fsp3) is 0.278. The molecule has 1 heterocycles. The minimum absolute atomic E-state index is 0.0354. The van der Waals surface area contributed by atoms with Gasteiger partial charge >= 0.3 is 0 Å². The van der Waals surface area contributed by atoms with Crippen LogP contribution in [0.5, 0.6) is 0 Å². The van der Waals surface area contributed by atoms with E-state index in [0.717, 1.165) is 4.57 Å². The largest absolute Gasteiger partial charge is 0.393 e. The highest BCUT2D eigenvalue weighted by Crippen LogP contribution is 2.24. The number of amides is 1. The number of halogens is 2. The summed E-state index contributed by atoms with van der Waals surface area (Å²) in [5.41, 5.74) is 15.5. The second-order valence-electron chi connectivity index (χ2n) is 6.73. The van der Waals surface area contributed by atoms with Crippen molar-refractivity contribution in [1.29, 1.82) is 0 Å². The molecule has 0 saturated carbocycles. The Hall–Kier alpha value is -2.96. The summed E-state index contributed by atoms with van der Waals surface area (Å²) in [6, 6.07) is 6.03. The van der Waals surface area contributed by atoms with E-state index in [1.807, 2.05) is 0 Å². The average Bonchev–Trinajstić information content (AvgIpc) is 2.68. The van der Waals surface area contributed by atoms with Gasteiger partial charge in [-0.3, -0.25) is 18.9 Å². The number of hydrogen-bond acceptors (Lipinski definition) is 6. The molecule has 2 rings (SSSR count). The first kappa shape index (κ1) is 25.3. The number of carbonyl (C=O) groups is 1. The van der Waals surface area contributed by atoms with E-state index in [4.69, 9.17) is 45.2 Å². The number of primary amides is 1. The third-order valence-electron chi connectivity index (χ3n) is 4.22. The molecule has 1 aromatic heterocycles. The van der Waals surface area contributed by atoms with Gasteiger partial charge in [-0.15, -0.1) is 0 Å². The van der Waals surface area contributed by atoms with E-state index >= 15 is 0 Å². The maximum Gasteiger partial charge on any atom is 0.275 e. The van der Waals surface area contributed by atoms with Crippen molar-refractivity contribution in [1.82, 2.24) is 4.57 Å². The summed E-state index contributed by atoms with van der Waals surface area (Å²) in [6.45, 7) is 1.45. The number of sulfonamides is 1. The van der Waals surface area contributed by atoms with Crippen LogP contribution in [-0.2, 0) is 25.4 Å². The molecule has 1 unspecified atom stereocenters. The number of oxime groups is 1. The van der Waals surface area contributed by atoms with Crippen molar-refractivity contribution in [3.05, 3.63) is 62.0 Å². The maximum absolute atomic E-state index is 13.0. The molecule has 1 aromatic carbocycles. The van der Waals surface area contributed by atoms with E-state index in [0.29, 0.717) is 11.3 Å². The topological polar surface area (TPSA) is 185 Å². The van der Waals surface area contributed by atoms with Crippen molar-refractivity contribution in [2.75, 3.05) is 11.3 Å². The van der Waals surface area contributed by atoms with Gasteiger partial charge in [-0.25, -0.2) is 8.42 Å². The normalized spacial score (nSPS) is 12.1. The van der Waals surface area contributed by atoms with E-state index in [2.05, 4.69) is 9.88 Å². The number of guanidine groups is 1. The average molecular weight is 505 g/mol. The number of anilines is 1. The van der Waals surface area contributed by atoms with Crippen molar-refractivity contribution in [3.8, 4) is 0 Å². The van der Waals surface area contributed by atoms with Crippen molar-refractivity contribution < 1.29 is 18.0 Å². The monoisotopic (exact) mass is 504 g/mol. The lowest BCUT2D eigenvalue weighted by Crippen LogP contribution is -2.37. The summed E-state index contributed by atoms with van der Waals surface area (Å²) in [7, 11) is -4.00. The Kier molecular flexibility index (Phi) is 8.36. The zero-order chi connectivity index (χ0) is 24.1. The molecular formula is C18H22Cl2N6O5S. The first-order valence-electron chi connectivity index (χ1n) is 9.08. The summed E-state index contributed by atoms with van der Waals surface area (Å²) in [6.07, 6.45) is -0.0354. The van der Waals surface area contributed by atoms with Crippen LogP contribution in [0, 0.1) is 6.92 Å². The van der Waals surface area contributed by atoms with Crippen LogP contribution in [0.15, 0.2) is 40.3 Å². The summed E-state index contributed by atoms with van der Waals surface area (Å²) in [5, 5.41) is 3.81. The Morgan fingerprint density at radius 1 is 1.19 bits per heavy atom. The highest BCUT2D eigenvalue weighted by Gasteiger charge is 2.23. The second-order valence-corrected chi connectivity index (χ2v) is 9.27. The van der Waals surface area contributed by atoms with E-state index in [1.54, 1.807) is 6.92 Å². The molecule has 0 aliphatic carbocycles. The highest BCUT2D eigenvalue weighted by atomic mass is 35.5. The summed E-state index contributed by atoms with van der Waals surface area (Å²) in [4.78, 5) is 29.8. The van der Waals surface area contributed by atoms with E-state index in [9.17, 15) is 18.0 Å². The van der Waals surface area contributed by atoms with Gasteiger partial charge in [0.05, 0.1) is 15.8 Å². The van der Waals surface area contributed by atoms with Crippen LogP contribution in [0.2, 0.25) is 10.0 Å². The van der Waals surface area contributed by atoms with E-state index < -0.39 is 33.3 Å². The van der Waals surface area contributed by atoms with Gasteiger partial charge in [0.25, 0.3) is 5.56 Å².